The maximum absolute atomic E-state index is 12.7. The topological polar surface area (TPSA) is 251 Å². The Kier molecular flexibility index (Phi) is 9.39. The number of aromatic carboxylic acids is 1. The van der Waals surface area contributed by atoms with E-state index in [1.54, 1.807) is 10.3 Å². The van der Waals surface area contributed by atoms with E-state index in [1.165, 1.54) is 0 Å². The number of nitro groups is 2. The van der Waals surface area contributed by atoms with Crippen LogP contribution in [0.5, 0.6) is 0 Å². The van der Waals surface area contributed by atoms with Crippen LogP contribution in [0.25, 0.3) is 0 Å². The summed E-state index contributed by atoms with van der Waals surface area (Å²) in [5.74, 6) is -2.89. The second-order valence-corrected chi connectivity index (χ2v) is 8.80. The molecule has 7 N–H and O–H groups in total. The summed E-state index contributed by atoms with van der Waals surface area (Å²) in [7, 11) is -3.83. The number of hydrazine groups is 1. The van der Waals surface area contributed by atoms with Crippen molar-refractivity contribution in [3.63, 3.8) is 0 Å². The number of hydrogen-bond acceptors (Lipinski definition) is 10. The number of carboxylic acids is 1. The van der Waals surface area contributed by atoms with Gasteiger partial charge in [0.15, 0.2) is 0 Å². The van der Waals surface area contributed by atoms with Gasteiger partial charge in [-0.15, -0.1) is 4.83 Å². The van der Waals surface area contributed by atoms with E-state index in [1.807, 2.05) is 0 Å². The molecule has 0 spiro atoms. The molecule has 0 heterocycles. The highest BCUT2D eigenvalue weighted by molar-refractivity contribution is 7.88. The molecule has 0 aliphatic carbocycles. The molecular weight excluding hydrogens is 578 g/mol. The Balaban J connectivity index is 0.000000403. The number of nitrogens with zero attached hydrogens (tertiary/aromatic N) is 2. The van der Waals surface area contributed by atoms with E-state index in [2.05, 4.69) is 0 Å². The lowest BCUT2D eigenvalue weighted by Crippen LogP contribution is -2.41. The number of halogens is 6. The van der Waals surface area contributed by atoms with Crippen LogP contribution < -0.4 is 21.7 Å². The molecule has 0 fully saturated rings. The third-order valence-corrected chi connectivity index (χ3v) is 4.64. The second-order valence-electron chi connectivity index (χ2n) is 7.06. The van der Waals surface area contributed by atoms with Gasteiger partial charge in [-0.05, 0) is 12.1 Å². The van der Waals surface area contributed by atoms with Crippen molar-refractivity contribution in [2.24, 2.45) is 0 Å². The van der Waals surface area contributed by atoms with Crippen LogP contribution in [0.2, 0.25) is 0 Å². The molecular formula is C17H14F6N6O9S. The van der Waals surface area contributed by atoms with Crippen molar-refractivity contribution in [1.82, 2.24) is 10.3 Å². The first kappa shape index (κ1) is 32.3. The zero-order valence-electron chi connectivity index (χ0n) is 18.7. The molecule has 22 heteroatoms. The Hall–Kier alpha value is -4.73. The van der Waals surface area contributed by atoms with Crippen molar-refractivity contribution >= 4 is 44.6 Å². The van der Waals surface area contributed by atoms with Gasteiger partial charge in [-0.2, -0.15) is 26.3 Å². The third-order valence-electron chi connectivity index (χ3n) is 4.16. The zero-order chi connectivity index (χ0) is 30.7. The van der Waals surface area contributed by atoms with Crippen LogP contribution in [-0.4, -0.2) is 41.5 Å². The minimum Gasteiger partial charge on any atom is -0.478 e. The molecule has 0 saturated heterocycles. The molecule has 39 heavy (non-hydrogen) atoms. The van der Waals surface area contributed by atoms with Crippen LogP contribution in [-0.2, 0) is 22.4 Å². The number of carboxylic acid groups (broad SMARTS) is 1. The summed E-state index contributed by atoms with van der Waals surface area (Å²) in [6.45, 7) is 0. The molecule has 0 radical (unpaired) electrons. The summed E-state index contributed by atoms with van der Waals surface area (Å²) in [6, 6.07) is 1.08. The summed E-state index contributed by atoms with van der Waals surface area (Å²) in [6.07, 6.45) is -9.32. The number of sulfonamides is 1. The Bertz CT molecular complexity index is 1440. The third kappa shape index (κ3) is 8.67. The number of hydrogen-bond donors (Lipinski definition) is 5. The molecule has 2 rings (SSSR count). The van der Waals surface area contributed by atoms with Crippen LogP contribution in [0.1, 0.15) is 31.8 Å². The van der Waals surface area contributed by atoms with E-state index in [0.717, 1.165) is 0 Å². The molecule has 0 atom stereocenters. The Labute approximate surface area is 211 Å². The number of nitrogens with one attached hydrogen (secondary N) is 2. The monoisotopic (exact) mass is 592 g/mol. The number of anilines is 2. The first-order chi connectivity index (χ1) is 17.5. The summed E-state index contributed by atoms with van der Waals surface area (Å²) in [5, 5.41) is 29.7. The average molecular weight is 592 g/mol. The largest absolute Gasteiger partial charge is 0.478 e. The Morgan fingerprint density at radius 3 is 1.51 bits per heavy atom. The number of nitro benzene ring substituents is 2. The molecule has 0 unspecified atom stereocenters. The lowest BCUT2D eigenvalue weighted by atomic mass is 10.1. The normalized spacial score (nSPS) is 11.7. The number of nitrogens with two attached hydrogens (primary N) is 2. The van der Waals surface area contributed by atoms with Gasteiger partial charge < -0.3 is 16.6 Å². The molecule has 0 aliphatic heterocycles. The number of carbonyl (C=O) groups is 2. The number of alkyl halides is 6. The molecule has 1 amide bonds. The highest BCUT2D eigenvalue weighted by atomic mass is 32.2. The van der Waals surface area contributed by atoms with Gasteiger partial charge in [0.1, 0.15) is 11.1 Å². The minimum atomic E-state index is -5.05. The standard InChI is InChI=1S/C9H9F3N4O5S.C8H5F3N2O4/c1-22(20,21)15-14-8(17)4-2-7(16(18)19)5(3-6(4)13)9(10,11)12;9-8(10,11)4-2-5(12)3(7(14)15)1-6(4)13(16)17/h2-3,15H,13H2,1H3,(H,14,17);1-2H,12H2,(H,14,15). The minimum absolute atomic E-state index is 0.230. The van der Waals surface area contributed by atoms with Gasteiger partial charge in [0.2, 0.25) is 10.0 Å². The average Bonchev–Trinajstić information content (AvgIpc) is 2.75. The van der Waals surface area contributed by atoms with Gasteiger partial charge in [-0.25, -0.2) is 13.2 Å². The fourth-order valence-electron chi connectivity index (χ4n) is 2.55. The molecule has 2 aromatic carbocycles. The van der Waals surface area contributed by atoms with Crippen LogP contribution in [0, 0.1) is 20.2 Å². The van der Waals surface area contributed by atoms with Gasteiger partial charge in [0.25, 0.3) is 17.3 Å². The second kappa shape index (κ2) is 11.3. The van der Waals surface area contributed by atoms with Crippen LogP contribution in [0.15, 0.2) is 24.3 Å². The highest BCUT2D eigenvalue weighted by Gasteiger charge is 2.40. The number of rotatable bonds is 6. The van der Waals surface area contributed by atoms with Gasteiger partial charge in [-0.3, -0.25) is 30.4 Å². The smallest absolute Gasteiger partial charge is 0.423 e. The summed E-state index contributed by atoms with van der Waals surface area (Å²) < 4.78 is 96.9. The van der Waals surface area contributed by atoms with Crippen molar-refractivity contribution in [2.45, 2.75) is 12.4 Å². The highest BCUT2D eigenvalue weighted by Crippen LogP contribution is 2.39. The van der Waals surface area contributed by atoms with Crippen LogP contribution >= 0.6 is 0 Å². The van der Waals surface area contributed by atoms with Crippen molar-refractivity contribution < 1.29 is 59.3 Å². The van der Waals surface area contributed by atoms with Crippen molar-refractivity contribution in [3.8, 4) is 0 Å². The maximum atomic E-state index is 12.7. The molecule has 0 saturated carbocycles. The van der Waals surface area contributed by atoms with E-state index in [4.69, 9.17) is 16.6 Å². The van der Waals surface area contributed by atoms with Gasteiger partial charge >= 0.3 is 18.3 Å². The number of amides is 1. The Morgan fingerprint density at radius 2 is 1.21 bits per heavy atom. The van der Waals surface area contributed by atoms with Crippen LogP contribution in [0.4, 0.5) is 49.1 Å². The molecule has 2 aromatic rings. The first-order valence-electron chi connectivity index (χ1n) is 9.28. The fourth-order valence-corrected chi connectivity index (χ4v) is 2.83. The molecule has 0 aliphatic rings. The van der Waals surface area contributed by atoms with Crippen molar-refractivity contribution in [2.75, 3.05) is 17.7 Å². The number of nitrogen functional groups attached to an aromatic ring is 2. The van der Waals surface area contributed by atoms with E-state index in [0.29, 0.717) is 18.4 Å². The summed E-state index contributed by atoms with van der Waals surface area (Å²) in [5.41, 5.74) is 3.25. The molecule has 15 nitrogen and oxygen atoms in total. The van der Waals surface area contributed by atoms with E-state index in [-0.39, 0.29) is 12.1 Å². The summed E-state index contributed by atoms with van der Waals surface area (Å²) >= 11 is 0. The van der Waals surface area contributed by atoms with Crippen molar-refractivity contribution in [3.05, 3.63) is 66.7 Å². The summed E-state index contributed by atoms with van der Waals surface area (Å²) in [4.78, 5) is 42.2. The van der Waals surface area contributed by atoms with Gasteiger partial charge in [0.05, 0.1) is 27.2 Å². The lowest BCUT2D eigenvalue weighted by molar-refractivity contribution is -0.388. The van der Waals surface area contributed by atoms with E-state index >= 15 is 0 Å². The van der Waals surface area contributed by atoms with Gasteiger partial charge in [-0.1, -0.05) is 0 Å². The fraction of sp³-hybridized carbons (Fsp3) is 0.176. The molecule has 0 aromatic heterocycles. The SMILES string of the molecule is CS(=O)(=O)NNC(=O)c1cc([N+](=O)[O-])c(C(F)(F)F)cc1N.Nc1cc(C(F)(F)F)c([N+](=O)[O-])cc1C(=O)O. The quantitative estimate of drug-likeness (QED) is 0.141. The maximum Gasteiger partial charge on any atom is 0.423 e. The van der Waals surface area contributed by atoms with Gasteiger partial charge in [0, 0.05) is 23.5 Å². The number of carbonyl (C=O) groups excluding carboxylic acids is 1. The predicted molar refractivity (Wildman–Crippen MR) is 117 cm³/mol. The predicted octanol–water partition coefficient (Wildman–Crippen LogP) is 2.28. The zero-order valence-corrected chi connectivity index (χ0v) is 19.6. The first-order valence-corrected chi connectivity index (χ1v) is 11.2. The molecule has 214 valence electrons. The van der Waals surface area contributed by atoms with E-state index in [9.17, 15) is 64.6 Å². The van der Waals surface area contributed by atoms with Crippen molar-refractivity contribution in [1.29, 1.82) is 0 Å². The number of benzene rings is 2. The molecule has 0 bridgehead atoms. The Morgan fingerprint density at radius 1 is 0.846 bits per heavy atom. The lowest BCUT2D eigenvalue weighted by Gasteiger charge is -2.12. The van der Waals surface area contributed by atoms with E-state index < -0.39 is 89.1 Å². The van der Waals surface area contributed by atoms with Crippen LogP contribution in [0.3, 0.4) is 0 Å².